The third kappa shape index (κ3) is 3.06. The fourth-order valence-corrected chi connectivity index (χ4v) is 1.73. The smallest absolute Gasteiger partial charge is 0.121 e. The van der Waals surface area contributed by atoms with E-state index in [0.717, 1.165) is 13.1 Å². The summed E-state index contributed by atoms with van der Waals surface area (Å²) in [5, 5.41) is 0. The van der Waals surface area contributed by atoms with Gasteiger partial charge in [0.15, 0.2) is 0 Å². The van der Waals surface area contributed by atoms with Crippen LogP contribution in [-0.4, -0.2) is 30.0 Å². The summed E-state index contributed by atoms with van der Waals surface area (Å²) in [6.07, 6.45) is 12.6. The largest absolute Gasteiger partial charge is 0.295 e. The monoisotopic (exact) mass is 176 g/mol. The predicted octanol–water partition coefficient (Wildman–Crippen LogP) is 1.21. The van der Waals surface area contributed by atoms with Gasteiger partial charge in [0.1, 0.15) is 5.94 Å². The highest BCUT2D eigenvalue weighted by Gasteiger charge is 2.17. The van der Waals surface area contributed by atoms with E-state index in [1.807, 2.05) is 5.94 Å². The Morgan fingerprint density at radius 3 is 2.62 bits per heavy atom. The predicted molar refractivity (Wildman–Crippen MR) is 51.2 cm³/mol. The summed E-state index contributed by atoms with van der Waals surface area (Å²) in [5.74, 6) is 4.16. The van der Waals surface area contributed by atoms with Gasteiger partial charge in [-0.1, -0.05) is 12.3 Å². The summed E-state index contributed by atoms with van der Waals surface area (Å²) in [6, 6.07) is 0.0512. The van der Waals surface area contributed by atoms with Gasteiger partial charge in [-0.05, 0) is 32.4 Å². The molecule has 2 heteroatoms. The Kier molecular flexibility index (Phi) is 4.32. The lowest BCUT2D eigenvalue weighted by Gasteiger charge is -2.31. The molecule has 0 spiro atoms. The van der Waals surface area contributed by atoms with Gasteiger partial charge in [0.25, 0.3) is 0 Å². The van der Waals surface area contributed by atoms with Crippen molar-refractivity contribution >= 4 is 5.94 Å². The van der Waals surface area contributed by atoms with E-state index in [1.54, 1.807) is 0 Å². The second kappa shape index (κ2) is 5.59. The van der Waals surface area contributed by atoms with Crippen LogP contribution in [0.25, 0.3) is 0 Å². The Labute approximate surface area is 79.6 Å². The van der Waals surface area contributed by atoms with Gasteiger partial charge in [-0.3, -0.25) is 4.90 Å². The summed E-state index contributed by atoms with van der Waals surface area (Å²) in [7, 11) is 0. The van der Waals surface area contributed by atoms with E-state index in [-0.39, 0.29) is 6.04 Å². The SMILES string of the molecule is [C]#CCC(C=C=O)N1CCCCC1. The maximum Gasteiger partial charge on any atom is 0.121 e. The van der Waals surface area contributed by atoms with Gasteiger partial charge in [-0.2, -0.15) is 0 Å². The minimum Gasteiger partial charge on any atom is -0.295 e. The van der Waals surface area contributed by atoms with Gasteiger partial charge in [0, 0.05) is 18.5 Å². The number of hydrogen-bond donors (Lipinski definition) is 0. The molecule has 69 valence electrons. The molecule has 0 saturated carbocycles. The first kappa shape index (κ1) is 10.1. The molecule has 0 aromatic carbocycles. The molecule has 0 aromatic heterocycles. The lowest BCUT2D eigenvalue weighted by atomic mass is 10.1. The number of carbonyl (C=O) groups excluding carboxylic acids is 1. The molecule has 1 radical (unpaired) electrons. The molecule has 1 saturated heterocycles. The Balaban J connectivity index is 2.52. The van der Waals surface area contributed by atoms with Crippen molar-refractivity contribution in [3.05, 3.63) is 12.5 Å². The summed E-state index contributed by atoms with van der Waals surface area (Å²) in [4.78, 5) is 12.5. The fourth-order valence-electron chi connectivity index (χ4n) is 1.73. The van der Waals surface area contributed by atoms with E-state index in [1.165, 1.54) is 25.3 Å². The van der Waals surface area contributed by atoms with Crippen LogP contribution >= 0.6 is 0 Å². The fraction of sp³-hybridized carbons (Fsp3) is 0.636. The molecule has 1 unspecified atom stereocenters. The minimum atomic E-state index is 0.0512. The third-order valence-corrected chi connectivity index (χ3v) is 2.43. The second-order valence-corrected chi connectivity index (χ2v) is 3.33. The molecule has 0 bridgehead atoms. The van der Waals surface area contributed by atoms with Crippen LogP contribution in [0.4, 0.5) is 0 Å². The lowest BCUT2D eigenvalue weighted by Crippen LogP contribution is -2.37. The van der Waals surface area contributed by atoms with E-state index >= 15 is 0 Å². The van der Waals surface area contributed by atoms with Crippen molar-refractivity contribution in [3.8, 4) is 5.92 Å². The first-order valence-electron chi connectivity index (χ1n) is 4.73. The molecule has 0 amide bonds. The third-order valence-electron chi connectivity index (χ3n) is 2.43. The molecule has 0 aliphatic carbocycles. The zero-order chi connectivity index (χ0) is 9.52. The van der Waals surface area contributed by atoms with Crippen LogP contribution in [0.15, 0.2) is 6.08 Å². The maximum atomic E-state index is 10.2. The van der Waals surface area contributed by atoms with Crippen LogP contribution in [0.3, 0.4) is 0 Å². The van der Waals surface area contributed by atoms with Crippen molar-refractivity contribution in [3.63, 3.8) is 0 Å². The number of rotatable bonds is 3. The molecule has 0 N–H and O–H groups in total. The van der Waals surface area contributed by atoms with Gasteiger partial charge < -0.3 is 0 Å². The number of nitrogens with zero attached hydrogens (tertiary/aromatic N) is 1. The molecule has 0 aromatic rings. The van der Waals surface area contributed by atoms with Crippen molar-refractivity contribution in [1.82, 2.24) is 4.90 Å². The maximum absolute atomic E-state index is 10.2. The highest BCUT2D eigenvalue weighted by Crippen LogP contribution is 2.14. The second-order valence-electron chi connectivity index (χ2n) is 3.33. The van der Waals surface area contributed by atoms with E-state index < -0.39 is 0 Å². The van der Waals surface area contributed by atoms with Crippen LogP contribution in [0.1, 0.15) is 25.7 Å². The quantitative estimate of drug-likeness (QED) is 0.476. The molecule has 13 heavy (non-hydrogen) atoms. The van der Waals surface area contributed by atoms with Crippen LogP contribution < -0.4 is 0 Å². The molecular formula is C11H14NO. The van der Waals surface area contributed by atoms with Crippen LogP contribution in [0.2, 0.25) is 0 Å². The van der Waals surface area contributed by atoms with Crippen molar-refractivity contribution in [2.75, 3.05) is 13.1 Å². The Hall–Kier alpha value is -1.03. The van der Waals surface area contributed by atoms with E-state index in [2.05, 4.69) is 10.8 Å². The van der Waals surface area contributed by atoms with Crippen LogP contribution in [-0.2, 0) is 4.79 Å². The molecule has 1 aliphatic heterocycles. The van der Waals surface area contributed by atoms with Gasteiger partial charge in [0.05, 0.1) is 0 Å². The van der Waals surface area contributed by atoms with E-state index in [9.17, 15) is 4.79 Å². The first-order chi connectivity index (χ1) is 6.38. The highest BCUT2D eigenvalue weighted by molar-refractivity contribution is 5.46. The lowest BCUT2D eigenvalue weighted by molar-refractivity contribution is 0.193. The molecular weight excluding hydrogens is 162 g/mol. The standard InChI is InChI=1S/C11H14NO/c1-2-6-11(7-10-13)12-8-4-3-5-9-12/h7,11H,3-6,8-9H2. The van der Waals surface area contributed by atoms with Crippen molar-refractivity contribution in [2.45, 2.75) is 31.7 Å². The topological polar surface area (TPSA) is 20.3 Å². The summed E-state index contributed by atoms with van der Waals surface area (Å²) < 4.78 is 0. The van der Waals surface area contributed by atoms with E-state index in [4.69, 9.17) is 6.42 Å². The van der Waals surface area contributed by atoms with Gasteiger partial charge in [-0.25, -0.2) is 4.79 Å². The average Bonchev–Trinajstić information content (AvgIpc) is 2.19. The van der Waals surface area contributed by atoms with Gasteiger partial charge in [0.2, 0.25) is 0 Å². The normalized spacial score (nSPS) is 19.9. The Morgan fingerprint density at radius 1 is 1.38 bits per heavy atom. The summed E-state index contributed by atoms with van der Waals surface area (Å²) in [6.45, 7) is 2.06. The molecule has 1 fully saturated rings. The number of likely N-dealkylation sites (tertiary alicyclic amines) is 1. The van der Waals surface area contributed by atoms with Crippen molar-refractivity contribution < 1.29 is 4.79 Å². The van der Waals surface area contributed by atoms with Crippen LogP contribution in [0, 0.1) is 12.3 Å². The van der Waals surface area contributed by atoms with Crippen LogP contribution in [0.5, 0.6) is 0 Å². The average molecular weight is 176 g/mol. The molecule has 1 aliphatic rings. The zero-order valence-electron chi connectivity index (χ0n) is 7.75. The minimum absolute atomic E-state index is 0.0512. The van der Waals surface area contributed by atoms with Gasteiger partial charge >= 0.3 is 0 Å². The van der Waals surface area contributed by atoms with Crippen molar-refractivity contribution in [2.24, 2.45) is 0 Å². The zero-order valence-corrected chi connectivity index (χ0v) is 7.75. The highest BCUT2D eigenvalue weighted by atomic mass is 16.1. The molecule has 1 heterocycles. The molecule has 1 rings (SSSR count). The number of piperidine rings is 1. The van der Waals surface area contributed by atoms with Crippen molar-refractivity contribution in [1.29, 1.82) is 0 Å². The number of hydrogen-bond acceptors (Lipinski definition) is 2. The summed E-state index contributed by atoms with van der Waals surface area (Å²) in [5.41, 5.74) is 0. The molecule has 1 atom stereocenters. The Morgan fingerprint density at radius 2 is 2.08 bits per heavy atom. The first-order valence-corrected chi connectivity index (χ1v) is 4.73. The van der Waals surface area contributed by atoms with Gasteiger partial charge in [-0.15, -0.1) is 0 Å². The van der Waals surface area contributed by atoms with E-state index in [0.29, 0.717) is 6.42 Å². The Bertz CT molecular complexity index is 229. The summed E-state index contributed by atoms with van der Waals surface area (Å²) >= 11 is 0. The molecule has 2 nitrogen and oxygen atoms in total.